The second-order valence-electron chi connectivity index (χ2n) is 12.0. The third-order valence-corrected chi connectivity index (χ3v) is 11.8. The van der Waals surface area contributed by atoms with Gasteiger partial charge in [-0.15, -0.1) is 22.7 Å². The van der Waals surface area contributed by atoms with Crippen LogP contribution in [-0.2, 0) is 0 Å². The Morgan fingerprint density at radius 2 is 1.21 bits per heavy atom. The van der Waals surface area contributed by atoms with Gasteiger partial charge in [0.1, 0.15) is 0 Å². The van der Waals surface area contributed by atoms with Gasteiger partial charge in [0.2, 0.25) is 0 Å². The summed E-state index contributed by atoms with van der Waals surface area (Å²) in [6, 6.07) is 54.7. The SMILES string of the molecule is N#Cc1ccc2c(c1)c1ccccc1n2-c1cccc2c1sc1c(-c3ccccc3)ccc(-c3ccc4c(c3)sc3ccccc34)c12. The molecule has 0 saturated carbocycles. The predicted octanol–water partition coefficient (Wildman–Crippen LogP) is 12.7. The van der Waals surface area contributed by atoms with E-state index in [0.29, 0.717) is 5.56 Å². The minimum atomic E-state index is 0.674. The first-order chi connectivity index (χ1) is 23.3. The molecule has 0 fully saturated rings. The zero-order valence-electron chi connectivity index (χ0n) is 25.1. The highest BCUT2D eigenvalue weighted by Crippen LogP contribution is 2.48. The molecule has 10 rings (SSSR count). The quantitative estimate of drug-likeness (QED) is 0.190. The summed E-state index contributed by atoms with van der Waals surface area (Å²) >= 11 is 3.74. The summed E-state index contributed by atoms with van der Waals surface area (Å²) in [6.45, 7) is 0. The second-order valence-corrected chi connectivity index (χ2v) is 14.1. The maximum Gasteiger partial charge on any atom is 0.0991 e. The van der Waals surface area contributed by atoms with Crippen molar-refractivity contribution in [2.45, 2.75) is 0 Å². The highest BCUT2D eigenvalue weighted by atomic mass is 32.1. The van der Waals surface area contributed by atoms with Gasteiger partial charge in [-0.3, -0.25) is 0 Å². The summed E-state index contributed by atoms with van der Waals surface area (Å²) in [4.78, 5) is 0. The Hall–Kier alpha value is -5.73. The van der Waals surface area contributed by atoms with Gasteiger partial charge in [-0.2, -0.15) is 5.26 Å². The maximum atomic E-state index is 9.70. The maximum absolute atomic E-state index is 9.70. The number of rotatable bonds is 3. The summed E-state index contributed by atoms with van der Waals surface area (Å²) in [5.74, 6) is 0. The lowest BCUT2D eigenvalue weighted by atomic mass is 9.94. The summed E-state index contributed by atoms with van der Waals surface area (Å²) in [6.07, 6.45) is 0. The number of aromatic nitrogens is 1. The normalized spacial score (nSPS) is 11.8. The van der Waals surface area contributed by atoms with Crippen molar-refractivity contribution < 1.29 is 0 Å². The number of hydrogen-bond acceptors (Lipinski definition) is 3. The molecule has 0 saturated heterocycles. The molecule has 0 N–H and O–H groups in total. The van der Waals surface area contributed by atoms with Crippen LogP contribution in [0, 0.1) is 11.3 Å². The van der Waals surface area contributed by atoms with E-state index in [4.69, 9.17) is 0 Å². The van der Waals surface area contributed by atoms with Crippen molar-refractivity contribution in [3.63, 3.8) is 0 Å². The highest BCUT2D eigenvalue weighted by molar-refractivity contribution is 7.27. The molecular formula is C43H24N2S2. The van der Waals surface area contributed by atoms with Crippen LogP contribution in [0.15, 0.2) is 146 Å². The molecule has 7 aromatic carbocycles. The van der Waals surface area contributed by atoms with Gasteiger partial charge >= 0.3 is 0 Å². The van der Waals surface area contributed by atoms with Crippen molar-refractivity contribution in [2.24, 2.45) is 0 Å². The summed E-state index contributed by atoms with van der Waals surface area (Å²) < 4.78 is 7.56. The van der Waals surface area contributed by atoms with E-state index < -0.39 is 0 Å². The lowest BCUT2D eigenvalue weighted by molar-refractivity contribution is 1.20. The Labute approximate surface area is 278 Å². The molecule has 3 heterocycles. The number of thiophene rings is 2. The number of para-hydroxylation sites is 1. The molecule has 10 aromatic rings. The van der Waals surface area contributed by atoms with E-state index in [2.05, 4.69) is 144 Å². The molecule has 0 atom stereocenters. The first kappa shape index (κ1) is 26.5. The van der Waals surface area contributed by atoms with Crippen molar-refractivity contribution in [1.82, 2.24) is 4.57 Å². The largest absolute Gasteiger partial charge is 0.308 e. The molecule has 0 aliphatic rings. The molecular weight excluding hydrogens is 609 g/mol. The van der Waals surface area contributed by atoms with Crippen LogP contribution in [0.1, 0.15) is 5.56 Å². The van der Waals surface area contributed by atoms with E-state index in [0.717, 1.165) is 27.5 Å². The molecule has 4 heteroatoms. The van der Waals surface area contributed by atoms with Crippen molar-refractivity contribution in [2.75, 3.05) is 0 Å². The Morgan fingerprint density at radius 1 is 0.468 bits per heavy atom. The number of benzene rings is 7. The smallest absolute Gasteiger partial charge is 0.0991 e. The van der Waals surface area contributed by atoms with Crippen LogP contribution >= 0.6 is 22.7 Å². The number of hydrogen-bond donors (Lipinski definition) is 0. The molecule has 0 bridgehead atoms. The molecule has 0 radical (unpaired) electrons. The van der Waals surface area contributed by atoms with Gasteiger partial charge in [0.25, 0.3) is 0 Å². The lowest BCUT2D eigenvalue weighted by Gasteiger charge is -2.11. The van der Waals surface area contributed by atoms with Crippen molar-refractivity contribution in [3.8, 4) is 34.0 Å². The summed E-state index contributed by atoms with van der Waals surface area (Å²) in [5, 5.41) is 17.1. The van der Waals surface area contributed by atoms with Crippen LogP contribution in [0.5, 0.6) is 0 Å². The summed E-state index contributed by atoms with van der Waals surface area (Å²) in [7, 11) is 0. The number of fused-ring (bicyclic) bond motifs is 9. The molecule has 0 unspecified atom stereocenters. The first-order valence-electron chi connectivity index (χ1n) is 15.7. The van der Waals surface area contributed by atoms with Gasteiger partial charge in [0, 0.05) is 46.4 Å². The van der Waals surface area contributed by atoms with Gasteiger partial charge in [-0.05, 0) is 64.7 Å². The minimum absolute atomic E-state index is 0.674. The van der Waals surface area contributed by atoms with Crippen LogP contribution in [0.2, 0.25) is 0 Å². The average molecular weight is 633 g/mol. The monoisotopic (exact) mass is 632 g/mol. The van der Waals surface area contributed by atoms with E-state index in [9.17, 15) is 5.26 Å². The second kappa shape index (κ2) is 10.1. The van der Waals surface area contributed by atoms with Crippen molar-refractivity contribution >= 4 is 84.8 Å². The molecule has 3 aromatic heterocycles. The molecule has 0 aliphatic carbocycles. The van der Waals surface area contributed by atoms with E-state index in [1.807, 2.05) is 34.8 Å². The Balaban J connectivity index is 1.30. The fourth-order valence-corrected chi connectivity index (χ4v) is 9.86. The Morgan fingerprint density at radius 3 is 2.11 bits per heavy atom. The van der Waals surface area contributed by atoms with E-state index >= 15 is 0 Å². The lowest BCUT2D eigenvalue weighted by Crippen LogP contribution is -1.93. The number of nitrogens with zero attached hydrogens (tertiary/aromatic N) is 2. The zero-order chi connectivity index (χ0) is 31.1. The van der Waals surface area contributed by atoms with Gasteiger partial charge in [0.05, 0.1) is 33.1 Å². The average Bonchev–Trinajstić information content (AvgIpc) is 3.81. The van der Waals surface area contributed by atoms with Crippen LogP contribution in [0.3, 0.4) is 0 Å². The third kappa shape index (κ3) is 3.88. The third-order valence-electron chi connectivity index (χ3n) is 9.44. The standard InChI is InChI=1S/C43H24N2S2/c44-25-26-17-22-37-35(23-26)31-11-4-6-14-36(31)45(37)38-15-8-13-34-41-29(20-21-30(43(41)47-42(34)38)27-9-2-1-3-10-27)28-18-19-33-32-12-5-7-16-39(32)46-40(33)24-28/h1-24H. The predicted molar refractivity (Wildman–Crippen MR) is 202 cm³/mol. The van der Waals surface area contributed by atoms with E-state index in [-0.39, 0.29) is 0 Å². The molecule has 0 spiro atoms. The zero-order valence-corrected chi connectivity index (χ0v) is 26.7. The summed E-state index contributed by atoms with van der Waals surface area (Å²) in [5.41, 5.74) is 9.04. The van der Waals surface area contributed by atoms with Gasteiger partial charge in [-0.25, -0.2) is 0 Å². The van der Waals surface area contributed by atoms with E-state index in [1.165, 1.54) is 62.6 Å². The number of nitriles is 1. The van der Waals surface area contributed by atoms with E-state index in [1.54, 1.807) is 0 Å². The minimum Gasteiger partial charge on any atom is -0.308 e. The fraction of sp³-hybridized carbons (Fsp3) is 0. The molecule has 0 amide bonds. The molecule has 0 aliphatic heterocycles. The van der Waals surface area contributed by atoms with Gasteiger partial charge < -0.3 is 4.57 Å². The Bertz CT molecular complexity index is 2920. The van der Waals surface area contributed by atoms with Gasteiger partial charge in [0.15, 0.2) is 0 Å². The molecule has 218 valence electrons. The van der Waals surface area contributed by atoms with Crippen LogP contribution in [-0.4, -0.2) is 4.57 Å². The van der Waals surface area contributed by atoms with Gasteiger partial charge in [-0.1, -0.05) is 103 Å². The topological polar surface area (TPSA) is 28.7 Å². The van der Waals surface area contributed by atoms with Crippen molar-refractivity contribution in [3.05, 3.63) is 151 Å². The van der Waals surface area contributed by atoms with Crippen LogP contribution in [0.25, 0.3) is 90.1 Å². The molecule has 2 nitrogen and oxygen atoms in total. The highest BCUT2D eigenvalue weighted by Gasteiger charge is 2.21. The molecule has 47 heavy (non-hydrogen) atoms. The fourth-order valence-electron chi connectivity index (χ4n) is 7.34. The first-order valence-corrected chi connectivity index (χ1v) is 17.3. The Kier molecular flexibility index (Phi) is 5.71. The van der Waals surface area contributed by atoms with Crippen molar-refractivity contribution in [1.29, 1.82) is 5.26 Å². The van der Waals surface area contributed by atoms with Crippen LogP contribution < -0.4 is 0 Å². The van der Waals surface area contributed by atoms with Crippen LogP contribution in [0.4, 0.5) is 0 Å².